The second kappa shape index (κ2) is 5.96. The van der Waals surface area contributed by atoms with Crippen molar-refractivity contribution in [3.05, 3.63) is 0 Å². The fourth-order valence-electron chi connectivity index (χ4n) is 1.19. The van der Waals surface area contributed by atoms with Crippen LogP contribution in [-0.4, -0.2) is 58.4 Å². The highest BCUT2D eigenvalue weighted by Crippen LogP contribution is 2.40. The first-order valence-corrected chi connectivity index (χ1v) is 4.62. The molecule has 0 aliphatic carbocycles. The zero-order chi connectivity index (χ0) is 16.3. The van der Waals surface area contributed by atoms with Gasteiger partial charge in [-0.1, -0.05) is 0 Å². The summed E-state index contributed by atoms with van der Waals surface area (Å²) >= 11 is 0. The first-order valence-electron chi connectivity index (χ1n) is 4.62. The zero-order valence-electron chi connectivity index (χ0n) is 9.33. The quantitative estimate of drug-likeness (QED) is 0.730. The van der Waals surface area contributed by atoms with Crippen LogP contribution >= 0.6 is 0 Å². The Hall–Kier alpha value is -2.01. The fraction of sp³-hybridized carbons (Fsp3) is 0.625. The van der Waals surface area contributed by atoms with Crippen LogP contribution in [0.15, 0.2) is 0 Å². The van der Waals surface area contributed by atoms with Gasteiger partial charge in [-0.05, 0) is 0 Å². The van der Waals surface area contributed by atoms with Crippen LogP contribution in [0.4, 0.5) is 26.3 Å². The van der Waals surface area contributed by atoms with Crippen LogP contribution in [0.5, 0.6) is 0 Å². The van der Waals surface area contributed by atoms with E-state index in [-0.39, 0.29) is 0 Å². The standard InChI is InChI=1S/C8H7F6NO5/c9-7(10,11)5(8(12,13)14)6(20)15(1-3(16)17)2-4(18)19/h5H,1-2H2,(H,16,17)(H,18,19). The van der Waals surface area contributed by atoms with Crippen molar-refractivity contribution in [3.8, 4) is 0 Å². The number of carbonyl (C=O) groups excluding carboxylic acids is 1. The number of amides is 1. The average Bonchev–Trinajstić information content (AvgIpc) is 2.09. The van der Waals surface area contributed by atoms with Gasteiger partial charge in [0, 0.05) is 0 Å². The minimum atomic E-state index is -6.02. The molecule has 20 heavy (non-hydrogen) atoms. The van der Waals surface area contributed by atoms with Crippen LogP contribution in [-0.2, 0) is 14.4 Å². The maximum absolute atomic E-state index is 12.2. The summed E-state index contributed by atoms with van der Waals surface area (Å²) in [5.74, 6) is -11.1. The predicted octanol–water partition coefficient (Wildman–Crippen LogP) is 0.725. The molecule has 0 spiro atoms. The van der Waals surface area contributed by atoms with E-state index in [1.165, 1.54) is 0 Å². The maximum atomic E-state index is 12.2. The van der Waals surface area contributed by atoms with E-state index in [2.05, 4.69) is 0 Å². The molecule has 0 aromatic heterocycles. The van der Waals surface area contributed by atoms with Gasteiger partial charge in [-0.25, -0.2) is 0 Å². The van der Waals surface area contributed by atoms with E-state index >= 15 is 0 Å². The van der Waals surface area contributed by atoms with Crippen LogP contribution in [0, 0.1) is 5.92 Å². The van der Waals surface area contributed by atoms with Gasteiger partial charge in [0.15, 0.2) is 0 Å². The van der Waals surface area contributed by atoms with Gasteiger partial charge >= 0.3 is 24.3 Å². The van der Waals surface area contributed by atoms with Gasteiger partial charge < -0.3 is 15.1 Å². The Balaban J connectivity index is 5.47. The summed E-state index contributed by atoms with van der Waals surface area (Å²) in [6.45, 7) is -3.21. The molecule has 0 atom stereocenters. The van der Waals surface area contributed by atoms with Gasteiger partial charge in [-0.15, -0.1) is 0 Å². The van der Waals surface area contributed by atoms with Gasteiger partial charge in [-0.3, -0.25) is 14.4 Å². The highest BCUT2D eigenvalue weighted by Gasteiger charge is 2.62. The third kappa shape index (κ3) is 5.32. The summed E-state index contributed by atoms with van der Waals surface area (Å²) in [4.78, 5) is 31.2. The van der Waals surface area contributed by atoms with Gasteiger partial charge in [0.2, 0.25) is 11.8 Å². The number of aliphatic carboxylic acids is 2. The third-order valence-corrected chi connectivity index (χ3v) is 1.87. The van der Waals surface area contributed by atoms with Crippen LogP contribution in [0.25, 0.3) is 0 Å². The summed E-state index contributed by atoms with van der Waals surface area (Å²) in [7, 11) is 0. The van der Waals surface area contributed by atoms with Crippen molar-refractivity contribution in [3.63, 3.8) is 0 Å². The SMILES string of the molecule is O=C(O)CN(CC(=O)O)C(=O)C(C(F)(F)F)C(F)(F)F. The van der Waals surface area contributed by atoms with E-state index in [0.717, 1.165) is 0 Å². The Kier molecular flexibility index (Phi) is 5.36. The van der Waals surface area contributed by atoms with E-state index in [1.54, 1.807) is 0 Å². The normalized spacial score (nSPS) is 12.3. The molecule has 12 heteroatoms. The number of hydrogen-bond donors (Lipinski definition) is 2. The lowest BCUT2D eigenvalue weighted by Gasteiger charge is -2.27. The molecule has 0 fully saturated rings. The van der Waals surface area contributed by atoms with E-state index in [4.69, 9.17) is 10.2 Å². The van der Waals surface area contributed by atoms with Crippen LogP contribution in [0.2, 0.25) is 0 Å². The molecule has 1 amide bonds. The molecule has 0 bridgehead atoms. The third-order valence-electron chi connectivity index (χ3n) is 1.87. The second-order valence-corrected chi connectivity index (χ2v) is 3.50. The van der Waals surface area contributed by atoms with Crippen molar-refractivity contribution < 1.29 is 50.9 Å². The summed E-state index contributed by atoms with van der Waals surface area (Å²) in [5, 5.41) is 16.6. The van der Waals surface area contributed by atoms with Crippen molar-refractivity contribution >= 4 is 17.8 Å². The van der Waals surface area contributed by atoms with Gasteiger partial charge in [-0.2, -0.15) is 26.3 Å². The Bertz CT molecular complexity index is 373. The molecule has 0 aromatic carbocycles. The van der Waals surface area contributed by atoms with Gasteiger partial charge in [0.25, 0.3) is 0 Å². The Labute approximate surface area is 106 Å². The molecule has 2 N–H and O–H groups in total. The number of carbonyl (C=O) groups is 3. The molecule has 116 valence electrons. The smallest absolute Gasteiger partial charge is 0.409 e. The van der Waals surface area contributed by atoms with E-state index < -0.39 is 54.1 Å². The molecule has 0 saturated carbocycles. The monoisotopic (exact) mass is 311 g/mol. The molecule has 0 heterocycles. The molecule has 0 radical (unpaired) electrons. The van der Waals surface area contributed by atoms with Crippen molar-refractivity contribution in [2.75, 3.05) is 13.1 Å². The number of halogens is 6. The molecule has 0 rings (SSSR count). The first-order chi connectivity index (χ1) is 8.76. The average molecular weight is 311 g/mol. The van der Waals surface area contributed by atoms with Crippen LogP contribution in [0.1, 0.15) is 0 Å². The number of alkyl halides is 6. The minimum Gasteiger partial charge on any atom is -0.480 e. The summed E-state index contributed by atoms with van der Waals surface area (Å²) in [5.41, 5.74) is 0. The largest absolute Gasteiger partial charge is 0.480 e. The molecule has 0 saturated heterocycles. The lowest BCUT2D eigenvalue weighted by atomic mass is 10.1. The molecule has 0 aromatic rings. The minimum absolute atomic E-state index is 0.545. The highest BCUT2D eigenvalue weighted by molar-refractivity contribution is 5.87. The van der Waals surface area contributed by atoms with Crippen molar-refractivity contribution in [2.45, 2.75) is 12.4 Å². The molecular formula is C8H7F6NO5. The van der Waals surface area contributed by atoms with Crippen LogP contribution < -0.4 is 0 Å². The number of carboxylic acid groups (broad SMARTS) is 2. The Morgan fingerprint density at radius 1 is 0.850 bits per heavy atom. The van der Waals surface area contributed by atoms with E-state index in [1.807, 2.05) is 0 Å². The fourth-order valence-corrected chi connectivity index (χ4v) is 1.19. The number of nitrogens with zero attached hydrogens (tertiary/aromatic N) is 1. The van der Waals surface area contributed by atoms with Crippen molar-refractivity contribution in [1.82, 2.24) is 4.90 Å². The van der Waals surface area contributed by atoms with E-state index in [9.17, 15) is 40.7 Å². The van der Waals surface area contributed by atoms with Crippen LogP contribution in [0.3, 0.4) is 0 Å². The van der Waals surface area contributed by atoms with E-state index in [0.29, 0.717) is 0 Å². The Morgan fingerprint density at radius 2 is 1.15 bits per heavy atom. The predicted molar refractivity (Wildman–Crippen MR) is 47.5 cm³/mol. The van der Waals surface area contributed by atoms with Gasteiger partial charge in [0.1, 0.15) is 13.1 Å². The maximum Gasteiger partial charge on any atom is 0.409 e. The number of carboxylic acids is 2. The molecular weight excluding hydrogens is 304 g/mol. The highest BCUT2D eigenvalue weighted by atomic mass is 19.4. The topological polar surface area (TPSA) is 94.9 Å². The Morgan fingerprint density at radius 3 is 1.35 bits per heavy atom. The van der Waals surface area contributed by atoms with Crippen molar-refractivity contribution in [1.29, 1.82) is 0 Å². The lowest BCUT2D eigenvalue weighted by molar-refractivity contribution is -0.277. The lowest BCUT2D eigenvalue weighted by Crippen LogP contribution is -2.52. The zero-order valence-corrected chi connectivity index (χ0v) is 9.33. The summed E-state index contributed by atoms with van der Waals surface area (Å²) in [6.07, 6.45) is -12.0. The molecule has 0 aliphatic heterocycles. The molecule has 0 aliphatic rings. The second-order valence-electron chi connectivity index (χ2n) is 3.50. The summed E-state index contributed by atoms with van der Waals surface area (Å²) in [6, 6.07) is 0. The number of rotatable bonds is 5. The molecule has 6 nitrogen and oxygen atoms in total. The van der Waals surface area contributed by atoms with Gasteiger partial charge in [0.05, 0.1) is 0 Å². The molecule has 0 unspecified atom stereocenters. The van der Waals surface area contributed by atoms with Crippen molar-refractivity contribution in [2.24, 2.45) is 5.92 Å². The first kappa shape index (κ1) is 18.0. The number of hydrogen-bond acceptors (Lipinski definition) is 3. The summed E-state index contributed by atoms with van der Waals surface area (Å²) < 4.78 is 73.4.